The van der Waals surface area contributed by atoms with Gasteiger partial charge in [-0.2, -0.15) is 10.9 Å². The molecule has 0 amide bonds. The first-order valence-electron chi connectivity index (χ1n) is 26.3. The van der Waals surface area contributed by atoms with Crippen LogP contribution in [-0.4, -0.2) is 117 Å². The van der Waals surface area contributed by atoms with Gasteiger partial charge < -0.3 is 5.48 Å². The third kappa shape index (κ3) is 23.3. The van der Waals surface area contributed by atoms with Crippen LogP contribution in [-0.2, 0) is 39.6 Å². The standard InChI is InChI=1S/2C27H53BP3.2Fe.O/c2*1-21(2)29(22(3)4)18-28(27-16-14-13-15-17-27,19-30(23(5)6)24(7)8)20-31(25(9)10)26(11)12;;;/h2*13-17,21-26H,18-20H2,1-12H3;;;/q2*-1;2*+2;-2/p+6. The Balaban J connectivity index is -0.00000113. The summed E-state index contributed by atoms with van der Waals surface area (Å²) in [6.07, 6.45) is -1.02. The molecule has 0 atom stereocenters. The summed E-state index contributed by atoms with van der Waals surface area (Å²) in [4.78, 5) is 0. The number of benzene rings is 2. The van der Waals surface area contributed by atoms with Crippen molar-refractivity contribution in [2.24, 2.45) is 0 Å². The average Bonchev–Trinajstić information content (AvgIpc) is 3.16. The summed E-state index contributed by atoms with van der Waals surface area (Å²) >= 11 is 0. The summed E-state index contributed by atoms with van der Waals surface area (Å²) < 4.78 is 0. The molecule has 0 aliphatic heterocycles. The van der Waals surface area contributed by atoms with E-state index >= 15 is 0 Å². The van der Waals surface area contributed by atoms with Gasteiger partial charge in [0.15, 0.2) is 0 Å². The zero-order valence-electron chi connectivity index (χ0n) is 47.2. The molecule has 0 heterocycles. The first-order valence-corrected chi connectivity index (χ1v) is 37.5. The summed E-state index contributed by atoms with van der Waals surface area (Å²) in [6.45, 7) is 60.5. The van der Waals surface area contributed by atoms with E-state index in [0.29, 0.717) is 0 Å². The maximum atomic E-state index is 2.53. The predicted octanol–water partition coefficient (Wildman–Crippen LogP) is 16.0. The van der Waals surface area contributed by atoms with Crippen molar-refractivity contribution in [2.45, 2.75) is 234 Å². The zero-order chi connectivity index (χ0) is 47.9. The van der Waals surface area contributed by atoms with Crippen molar-refractivity contribution in [3.63, 3.8) is 0 Å². The molecule has 2 aromatic rings. The van der Waals surface area contributed by atoms with Crippen LogP contribution in [0.5, 0.6) is 0 Å². The second kappa shape index (κ2) is 34.5. The van der Waals surface area contributed by atoms with E-state index in [0.717, 1.165) is 67.9 Å². The fraction of sp³-hybridized carbons (Fsp3) is 0.778. The van der Waals surface area contributed by atoms with E-state index in [1.165, 1.54) is 36.4 Å². The van der Waals surface area contributed by atoms with Crippen LogP contribution in [0.25, 0.3) is 0 Å². The van der Waals surface area contributed by atoms with Crippen LogP contribution in [0.15, 0.2) is 60.7 Å². The Bertz CT molecular complexity index is 1190. The zero-order valence-corrected chi connectivity index (χ0v) is 55.4. The first-order chi connectivity index (χ1) is 28.6. The van der Waals surface area contributed by atoms with Crippen molar-refractivity contribution in [3.8, 4) is 0 Å². The first kappa shape index (κ1) is 71.4. The number of rotatable bonds is 26. The van der Waals surface area contributed by atoms with Crippen LogP contribution in [0.1, 0.15) is 166 Å². The summed E-state index contributed by atoms with van der Waals surface area (Å²) in [5.74, 6) is 0. The van der Waals surface area contributed by atoms with Gasteiger partial charge in [-0.3, -0.25) is 0 Å². The van der Waals surface area contributed by atoms with Crippen LogP contribution in [0.2, 0.25) is 0 Å². The van der Waals surface area contributed by atoms with Crippen molar-refractivity contribution in [1.82, 2.24) is 0 Å². The predicted molar refractivity (Wildman–Crippen MR) is 325 cm³/mol. The van der Waals surface area contributed by atoms with Crippen molar-refractivity contribution in [2.75, 3.05) is 36.4 Å². The van der Waals surface area contributed by atoms with E-state index in [9.17, 15) is 0 Å². The SMILES string of the molecule is CC(C)[PH+](C[B-](C[PH+](C(C)C)C(C)C)(C[PH+](C(C)C)C(C)C)c1ccccc1)C(C)C.CC(C)[PH+](C[B-](C[PH+](C(C)C)C(C)C)(C[PH+](C(C)C)C(C)C)c1ccccc1)C(C)C.[Fe+2].[Fe+2].[O-2]. The molecule has 0 aliphatic rings. The Morgan fingerprint density at radius 1 is 0.262 bits per heavy atom. The average molecular weight is 1100 g/mol. The molecule has 0 aromatic heterocycles. The number of hydrogen-bond acceptors (Lipinski definition) is 0. The van der Waals surface area contributed by atoms with Crippen LogP contribution >= 0.6 is 47.5 Å². The third-order valence-corrected chi connectivity index (χ3v) is 41.0. The van der Waals surface area contributed by atoms with Gasteiger partial charge in [0.2, 0.25) is 0 Å². The molecule has 2 rings (SSSR count). The largest absolute Gasteiger partial charge is 2.00 e. The topological polar surface area (TPSA) is 28.5 Å². The molecule has 0 spiro atoms. The van der Waals surface area contributed by atoms with E-state index in [2.05, 4.69) is 227 Å². The Morgan fingerprint density at radius 2 is 0.385 bits per heavy atom. The van der Waals surface area contributed by atoms with Gasteiger partial charge in [-0.05, 0) is 214 Å². The van der Waals surface area contributed by atoms with Gasteiger partial charge in [-0.25, -0.2) is 0 Å². The Hall–Kier alpha value is 2.15. The Morgan fingerprint density at radius 3 is 0.492 bits per heavy atom. The fourth-order valence-electron chi connectivity index (χ4n) is 12.4. The molecule has 0 N–H and O–H groups in total. The maximum absolute atomic E-state index is 2.53. The summed E-state index contributed by atoms with van der Waals surface area (Å²) in [7, 11) is -2.48. The fourth-order valence-corrected chi connectivity index (χ4v) is 36.3. The van der Waals surface area contributed by atoms with Crippen LogP contribution < -0.4 is 10.9 Å². The quantitative estimate of drug-likeness (QED) is 0.0664. The van der Waals surface area contributed by atoms with Crippen molar-refractivity contribution in [1.29, 1.82) is 0 Å². The molecule has 11 heteroatoms. The molecule has 0 saturated carbocycles. The van der Waals surface area contributed by atoms with Gasteiger partial charge in [-0.1, -0.05) is 97.0 Å². The van der Waals surface area contributed by atoms with Crippen LogP contribution in [0, 0.1) is 0 Å². The molecule has 0 aliphatic carbocycles. The van der Waals surface area contributed by atoms with Crippen LogP contribution in [0.4, 0.5) is 0 Å². The van der Waals surface area contributed by atoms with Gasteiger partial charge in [0.05, 0.1) is 67.9 Å². The maximum Gasteiger partial charge on any atom is 2.00 e. The summed E-state index contributed by atoms with van der Waals surface area (Å²) in [5, 5.41) is 0. The minimum absolute atomic E-state index is 0. The van der Waals surface area contributed by atoms with E-state index in [1.54, 1.807) is 10.9 Å². The Labute approximate surface area is 438 Å². The molecule has 0 radical (unpaired) electrons. The van der Waals surface area contributed by atoms with Gasteiger partial charge in [0.1, 0.15) is 12.3 Å². The molecular weight excluding hydrogens is 984 g/mol. The van der Waals surface area contributed by atoms with Crippen LogP contribution in [0.3, 0.4) is 0 Å². The smallest absolute Gasteiger partial charge is 2.00 e. The summed E-state index contributed by atoms with van der Waals surface area (Å²) in [5.41, 5.74) is 13.8. The molecule has 0 unspecified atom stereocenters. The third-order valence-electron chi connectivity index (χ3n) is 15.7. The van der Waals surface area contributed by atoms with Gasteiger partial charge in [-0.15, -0.1) is 0 Å². The minimum Gasteiger partial charge on any atom is -2.00 e. The molecule has 0 bridgehead atoms. The van der Waals surface area contributed by atoms with Gasteiger partial charge in [0, 0.05) is 0 Å². The van der Waals surface area contributed by atoms with Gasteiger partial charge >= 0.3 is 34.1 Å². The van der Waals surface area contributed by atoms with Crippen molar-refractivity contribution in [3.05, 3.63) is 60.7 Å². The van der Waals surface area contributed by atoms with E-state index in [1.807, 2.05) is 0 Å². The second-order valence-electron chi connectivity index (χ2n) is 24.3. The normalized spacial score (nSPS) is 13.0. The summed E-state index contributed by atoms with van der Waals surface area (Å²) in [6, 6.07) is 33.1. The Kier molecular flexibility index (Phi) is 37.9. The van der Waals surface area contributed by atoms with E-state index < -0.39 is 59.8 Å². The molecule has 0 saturated heterocycles. The van der Waals surface area contributed by atoms with E-state index in [-0.39, 0.29) is 39.6 Å². The molecule has 380 valence electrons. The molecule has 0 fully saturated rings. The molecule has 1 nitrogen and oxygen atoms in total. The molecule has 65 heavy (non-hydrogen) atoms. The second-order valence-corrected chi connectivity index (χ2v) is 47.5. The van der Waals surface area contributed by atoms with Crippen molar-refractivity contribution >= 4 is 70.7 Å². The minimum atomic E-state index is -0.509. The van der Waals surface area contributed by atoms with Crippen molar-refractivity contribution < 1.29 is 39.6 Å². The molecular formula is C54H112B2Fe2OP6+6. The monoisotopic (exact) mass is 1100 g/mol. The van der Waals surface area contributed by atoms with Gasteiger partial charge in [0.25, 0.3) is 0 Å². The molecule has 2 aromatic carbocycles. The van der Waals surface area contributed by atoms with E-state index in [4.69, 9.17) is 0 Å². The number of hydrogen-bond donors (Lipinski definition) is 0.